The molecule has 0 saturated carbocycles. The minimum atomic E-state index is 0.206. The van der Waals surface area contributed by atoms with Crippen LogP contribution in [0.15, 0.2) is 65.9 Å². The van der Waals surface area contributed by atoms with Gasteiger partial charge >= 0.3 is 0 Å². The molecule has 1 heterocycles. The van der Waals surface area contributed by atoms with E-state index in [9.17, 15) is 4.91 Å². The summed E-state index contributed by atoms with van der Waals surface area (Å²) in [7, 11) is 0. The average molecular weight is 281 g/mol. The first kappa shape index (κ1) is 13.8. The van der Waals surface area contributed by atoms with E-state index in [1.165, 1.54) is 11.1 Å². The fourth-order valence-corrected chi connectivity index (χ4v) is 2.88. The van der Waals surface area contributed by atoms with E-state index in [1.54, 1.807) is 5.01 Å². The fourth-order valence-electron chi connectivity index (χ4n) is 2.88. The van der Waals surface area contributed by atoms with Crippen LogP contribution < -0.4 is 0 Å². The van der Waals surface area contributed by atoms with Crippen LogP contribution >= 0.6 is 0 Å². The van der Waals surface area contributed by atoms with E-state index in [4.69, 9.17) is 0 Å². The molecule has 21 heavy (non-hydrogen) atoms. The van der Waals surface area contributed by atoms with Crippen molar-refractivity contribution in [2.24, 2.45) is 5.29 Å². The molecule has 0 aromatic heterocycles. The Morgan fingerprint density at radius 2 is 1.62 bits per heavy atom. The van der Waals surface area contributed by atoms with Crippen molar-refractivity contribution in [1.82, 2.24) is 9.91 Å². The van der Waals surface area contributed by atoms with Crippen LogP contribution in [0.1, 0.15) is 17.2 Å². The molecule has 1 atom stereocenters. The predicted molar refractivity (Wildman–Crippen MR) is 83.4 cm³/mol. The molecule has 1 aliphatic heterocycles. The van der Waals surface area contributed by atoms with Crippen molar-refractivity contribution in [1.29, 1.82) is 0 Å². The summed E-state index contributed by atoms with van der Waals surface area (Å²) < 4.78 is 0. The highest BCUT2D eigenvalue weighted by molar-refractivity contribution is 5.21. The Balaban J connectivity index is 1.81. The van der Waals surface area contributed by atoms with Crippen LogP contribution in [-0.2, 0) is 6.54 Å². The van der Waals surface area contributed by atoms with Crippen LogP contribution in [0.25, 0.3) is 0 Å². The summed E-state index contributed by atoms with van der Waals surface area (Å²) in [5.41, 5.74) is 2.53. The van der Waals surface area contributed by atoms with E-state index < -0.39 is 0 Å². The third-order valence-electron chi connectivity index (χ3n) is 4.00. The molecule has 1 aliphatic rings. The molecular weight excluding hydrogens is 262 g/mol. The van der Waals surface area contributed by atoms with E-state index in [1.807, 2.05) is 24.3 Å². The Labute approximate surface area is 124 Å². The van der Waals surface area contributed by atoms with Crippen LogP contribution in [0, 0.1) is 4.91 Å². The number of nitrogens with zero attached hydrogens (tertiary/aromatic N) is 3. The number of piperazine rings is 1. The summed E-state index contributed by atoms with van der Waals surface area (Å²) in [4.78, 5) is 13.3. The largest absolute Gasteiger partial charge is 0.288 e. The first-order valence-corrected chi connectivity index (χ1v) is 7.28. The molecule has 1 unspecified atom stereocenters. The lowest BCUT2D eigenvalue weighted by atomic mass is 10.0. The van der Waals surface area contributed by atoms with Crippen molar-refractivity contribution in [3.8, 4) is 0 Å². The molecule has 4 nitrogen and oxygen atoms in total. The maximum atomic E-state index is 10.9. The molecule has 0 radical (unpaired) electrons. The highest BCUT2D eigenvalue weighted by Gasteiger charge is 2.28. The lowest BCUT2D eigenvalue weighted by Crippen LogP contribution is -2.45. The van der Waals surface area contributed by atoms with Gasteiger partial charge in [-0.05, 0) is 11.1 Å². The van der Waals surface area contributed by atoms with Crippen LogP contribution in [0.5, 0.6) is 0 Å². The summed E-state index contributed by atoms with van der Waals surface area (Å²) in [5.74, 6) is 0. The van der Waals surface area contributed by atoms with E-state index in [0.717, 1.165) is 13.1 Å². The average Bonchev–Trinajstić information content (AvgIpc) is 2.57. The van der Waals surface area contributed by atoms with Crippen LogP contribution in [0.3, 0.4) is 0 Å². The standard InChI is InChI=1S/C17H19N3O/c21-18-20-12-11-19(13-15-7-3-1-4-8-15)17(14-20)16-9-5-2-6-10-16/h1-10,17H,11-14H2. The van der Waals surface area contributed by atoms with Gasteiger partial charge in [-0.15, -0.1) is 4.91 Å². The summed E-state index contributed by atoms with van der Waals surface area (Å²) in [6, 6.07) is 21.0. The Morgan fingerprint density at radius 1 is 0.952 bits per heavy atom. The van der Waals surface area contributed by atoms with Gasteiger partial charge in [-0.3, -0.25) is 9.91 Å². The molecule has 3 rings (SSSR count). The normalized spacial score (nSPS) is 19.4. The van der Waals surface area contributed by atoms with E-state index >= 15 is 0 Å². The summed E-state index contributed by atoms with van der Waals surface area (Å²) in [6.07, 6.45) is 0. The van der Waals surface area contributed by atoms with Gasteiger partial charge < -0.3 is 0 Å². The minimum Gasteiger partial charge on any atom is -0.288 e. The summed E-state index contributed by atoms with van der Waals surface area (Å²) in [5, 5.41) is 4.75. The minimum absolute atomic E-state index is 0.206. The Hall–Kier alpha value is -2.20. The van der Waals surface area contributed by atoms with Crippen molar-refractivity contribution < 1.29 is 0 Å². The number of benzene rings is 2. The Morgan fingerprint density at radius 3 is 2.29 bits per heavy atom. The number of rotatable bonds is 4. The second-order valence-electron chi connectivity index (χ2n) is 5.38. The molecule has 0 N–H and O–H groups in total. The molecular formula is C17H19N3O. The van der Waals surface area contributed by atoms with E-state index in [-0.39, 0.29) is 6.04 Å². The topological polar surface area (TPSA) is 35.9 Å². The zero-order valence-corrected chi connectivity index (χ0v) is 11.9. The molecule has 1 fully saturated rings. The second-order valence-corrected chi connectivity index (χ2v) is 5.38. The van der Waals surface area contributed by atoms with E-state index in [0.29, 0.717) is 13.1 Å². The van der Waals surface area contributed by atoms with Crippen LogP contribution in [-0.4, -0.2) is 29.5 Å². The highest BCUT2D eigenvalue weighted by atomic mass is 16.3. The van der Waals surface area contributed by atoms with Crippen molar-refractivity contribution in [2.45, 2.75) is 12.6 Å². The predicted octanol–water partition coefficient (Wildman–Crippen LogP) is 3.23. The van der Waals surface area contributed by atoms with Gasteiger partial charge in [0.2, 0.25) is 0 Å². The van der Waals surface area contributed by atoms with Crippen LogP contribution in [0.2, 0.25) is 0 Å². The number of hydrogen-bond acceptors (Lipinski definition) is 3. The SMILES string of the molecule is O=NN1CCN(Cc2ccccc2)C(c2ccccc2)C1. The van der Waals surface area contributed by atoms with Gasteiger partial charge in [-0.1, -0.05) is 60.7 Å². The zero-order chi connectivity index (χ0) is 14.5. The maximum Gasteiger partial charge on any atom is 0.0590 e. The van der Waals surface area contributed by atoms with Gasteiger partial charge in [-0.25, -0.2) is 0 Å². The molecule has 0 aliphatic carbocycles. The summed E-state index contributed by atoms with van der Waals surface area (Å²) >= 11 is 0. The first-order chi connectivity index (χ1) is 10.4. The monoisotopic (exact) mass is 281 g/mol. The van der Waals surface area contributed by atoms with Gasteiger partial charge in [0.25, 0.3) is 0 Å². The third-order valence-corrected chi connectivity index (χ3v) is 4.00. The molecule has 4 heteroatoms. The maximum absolute atomic E-state index is 10.9. The van der Waals surface area contributed by atoms with Gasteiger partial charge in [-0.2, -0.15) is 0 Å². The smallest absolute Gasteiger partial charge is 0.0590 e. The molecule has 0 bridgehead atoms. The van der Waals surface area contributed by atoms with Gasteiger partial charge in [0.1, 0.15) is 0 Å². The molecule has 1 saturated heterocycles. The lowest BCUT2D eigenvalue weighted by molar-refractivity contribution is 0.0687. The third kappa shape index (κ3) is 3.28. The van der Waals surface area contributed by atoms with Crippen LogP contribution in [0.4, 0.5) is 0 Å². The Kier molecular flexibility index (Phi) is 4.26. The van der Waals surface area contributed by atoms with Crippen molar-refractivity contribution >= 4 is 0 Å². The lowest BCUT2D eigenvalue weighted by Gasteiger charge is -2.39. The molecule has 2 aromatic rings. The first-order valence-electron chi connectivity index (χ1n) is 7.28. The van der Waals surface area contributed by atoms with Crippen molar-refractivity contribution in [3.05, 3.63) is 76.7 Å². The van der Waals surface area contributed by atoms with E-state index in [2.05, 4.69) is 46.6 Å². The molecule has 108 valence electrons. The zero-order valence-electron chi connectivity index (χ0n) is 11.9. The molecule has 2 aromatic carbocycles. The van der Waals surface area contributed by atoms with Gasteiger partial charge in [0, 0.05) is 13.1 Å². The van der Waals surface area contributed by atoms with Gasteiger partial charge in [0.05, 0.1) is 24.4 Å². The second kappa shape index (κ2) is 6.50. The number of nitroso groups, excluding NO2 is 1. The number of hydrogen-bond donors (Lipinski definition) is 0. The fraction of sp³-hybridized carbons (Fsp3) is 0.294. The van der Waals surface area contributed by atoms with Gasteiger partial charge in [0.15, 0.2) is 0 Å². The molecule has 0 spiro atoms. The highest BCUT2D eigenvalue weighted by Crippen LogP contribution is 2.27. The van der Waals surface area contributed by atoms with Crippen molar-refractivity contribution in [2.75, 3.05) is 19.6 Å². The Bertz CT molecular complexity index is 573. The molecule has 0 amide bonds. The van der Waals surface area contributed by atoms with Crippen molar-refractivity contribution in [3.63, 3.8) is 0 Å². The summed E-state index contributed by atoms with van der Waals surface area (Å²) in [6.45, 7) is 3.09. The quantitative estimate of drug-likeness (QED) is 0.807.